The van der Waals surface area contributed by atoms with E-state index in [1.165, 1.54) is 11.1 Å². The maximum Gasteiger partial charge on any atom is 0.0438 e. The fourth-order valence-corrected chi connectivity index (χ4v) is 2.31. The van der Waals surface area contributed by atoms with Crippen molar-refractivity contribution < 1.29 is 0 Å². The normalized spacial score (nSPS) is 10.4. The van der Waals surface area contributed by atoms with Gasteiger partial charge in [0.05, 0.1) is 0 Å². The predicted octanol–water partition coefficient (Wildman–Crippen LogP) is 5.33. The van der Waals surface area contributed by atoms with Gasteiger partial charge < -0.3 is 5.32 Å². The number of hydrogen-bond acceptors (Lipinski definition) is 1. The first-order valence-electron chi connectivity index (χ1n) is 5.82. The molecule has 0 heterocycles. The van der Waals surface area contributed by atoms with Gasteiger partial charge >= 0.3 is 0 Å². The lowest BCUT2D eigenvalue weighted by Gasteiger charge is -2.11. The summed E-state index contributed by atoms with van der Waals surface area (Å²) in [5.41, 5.74) is 4.65. The molecule has 1 nitrogen and oxygen atoms in total. The van der Waals surface area contributed by atoms with Crippen LogP contribution in [0.1, 0.15) is 16.7 Å². The van der Waals surface area contributed by atoms with E-state index in [0.717, 1.165) is 27.3 Å². The second kappa shape index (κ2) is 5.77. The van der Waals surface area contributed by atoms with Gasteiger partial charge in [0.15, 0.2) is 0 Å². The molecule has 0 bridgehead atoms. The van der Waals surface area contributed by atoms with Crippen molar-refractivity contribution in [3.05, 3.63) is 62.6 Å². The van der Waals surface area contributed by atoms with E-state index in [2.05, 4.69) is 40.3 Å². The molecule has 0 radical (unpaired) electrons. The van der Waals surface area contributed by atoms with Crippen LogP contribution in [0.5, 0.6) is 0 Å². The summed E-state index contributed by atoms with van der Waals surface area (Å²) in [7, 11) is 0. The largest absolute Gasteiger partial charge is 0.381 e. The summed E-state index contributed by atoms with van der Waals surface area (Å²) in [5.74, 6) is 0. The summed E-state index contributed by atoms with van der Waals surface area (Å²) < 4.78 is 1.12. The summed E-state index contributed by atoms with van der Waals surface area (Å²) in [5, 5.41) is 4.25. The van der Waals surface area contributed by atoms with Crippen molar-refractivity contribution >= 4 is 33.2 Å². The maximum atomic E-state index is 6.12. The second-order valence-corrected chi connectivity index (χ2v) is 5.61. The Morgan fingerprint density at radius 2 is 1.94 bits per heavy atom. The third kappa shape index (κ3) is 3.06. The van der Waals surface area contributed by atoms with Gasteiger partial charge in [0, 0.05) is 21.7 Å². The summed E-state index contributed by atoms with van der Waals surface area (Å²) in [6.45, 7) is 4.88. The molecule has 0 spiro atoms. The lowest BCUT2D eigenvalue weighted by Crippen LogP contribution is -2.01. The van der Waals surface area contributed by atoms with Crippen molar-refractivity contribution in [1.29, 1.82) is 0 Å². The number of rotatable bonds is 3. The first-order chi connectivity index (χ1) is 8.58. The van der Waals surface area contributed by atoms with Gasteiger partial charge in [-0.1, -0.05) is 45.7 Å². The Balaban J connectivity index is 2.11. The standard InChI is InChI=1S/C15H15BrClN/c1-10-6-7-12(8-14(10)17)9-18-15-5-3-4-13(16)11(15)2/h3-8,18H,9H2,1-2H3. The van der Waals surface area contributed by atoms with Crippen molar-refractivity contribution in [3.63, 3.8) is 0 Å². The first kappa shape index (κ1) is 13.4. The monoisotopic (exact) mass is 323 g/mol. The molecule has 0 saturated heterocycles. The molecule has 0 saturated carbocycles. The third-order valence-electron chi connectivity index (χ3n) is 2.99. The highest BCUT2D eigenvalue weighted by molar-refractivity contribution is 9.10. The minimum atomic E-state index is 0.775. The number of benzene rings is 2. The summed E-state index contributed by atoms with van der Waals surface area (Å²) in [6.07, 6.45) is 0. The molecule has 3 heteroatoms. The zero-order chi connectivity index (χ0) is 13.1. The Kier molecular flexibility index (Phi) is 4.31. The van der Waals surface area contributed by atoms with Gasteiger partial charge in [0.25, 0.3) is 0 Å². The molecule has 1 N–H and O–H groups in total. The molecule has 0 fully saturated rings. The highest BCUT2D eigenvalue weighted by atomic mass is 79.9. The van der Waals surface area contributed by atoms with Crippen molar-refractivity contribution in [2.45, 2.75) is 20.4 Å². The van der Waals surface area contributed by atoms with E-state index in [-0.39, 0.29) is 0 Å². The molecule has 0 aliphatic carbocycles. The number of anilines is 1. The van der Waals surface area contributed by atoms with E-state index in [0.29, 0.717) is 0 Å². The molecular weight excluding hydrogens is 310 g/mol. The third-order valence-corrected chi connectivity index (χ3v) is 4.25. The fourth-order valence-electron chi connectivity index (χ4n) is 1.74. The van der Waals surface area contributed by atoms with Crippen LogP contribution in [-0.2, 0) is 6.54 Å². The Morgan fingerprint density at radius 1 is 1.17 bits per heavy atom. The van der Waals surface area contributed by atoms with E-state index >= 15 is 0 Å². The Labute approximate surface area is 121 Å². The van der Waals surface area contributed by atoms with Gasteiger partial charge in [-0.2, -0.15) is 0 Å². The molecule has 2 aromatic carbocycles. The topological polar surface area (TPSA) is 12.0 Å². The van der Waals surface area contributed by atoms with Crippen LogP contribution in [0.25, 0.3) is 0 Å². The Bertz CT molecular complexity index is 566. The van der Waals surface area contributed by atoms with Crippen molar-refractivity contribution in [1.82, 2.24) is 0 Å². The second-order valence-electron chi connectivity index (χ2n) is 4.35. The zero-order valence-corrected chi connectivity index (χ0v) is 12.8. The van der Waals surface area contributed by atoms with E-state index in [1.54, 1.807) is 0 Å². The first-order valence-corrected chi connectivity index (χ1v) is 6.99. The molecular formula is C15H15BrClN. The van der Waals surface area contributed by atoms with Crippen LogP contribution in [0.2, 0.25) is 5.02 Å². The van der Waals surface area contributed by atoms with Crippen LogP contribution < -0.4 is 5.32 Å². The average molecular weight is 325 g/mol. The molecule has 18 heavy (non-hydrogen) atoms. The van der Waals surface area contributed by atoms with E-state index in [4.69, 9.17) is 11.6 Å². The van der Waals surface area contributed by atoms with Gasteiger partial charge in [-0.25, -0.2) is 0 Å². The minimum Gasteiger partial charge on any atom is -0.381 e. The number of hydrogen-bond donors (Lipinski definition) is 1. The van der Waals surface area contributed by atoms with Crippen LogP contribution in [0.15, 0.2) is 40.9 Å². The molecule has 0 atom stereocenters. The van der Waals surface area contributed by atoms with Gasteiger partial charge in [0.1, 0.15) is 0 Å². The SMILES string of the molecule is Cc1ccc(CNc2cccc(Br)c2C)cc1Cl. The molecule has 2 aromatic rings. The fraction of sp³-hybridized carbons (Fsp3) is 0.200. The maximum absolute atomic E-state index is 6.12. The molecule has 0 aliphatic heterocycles. The Hall–Kier alpha value is -0.990. The van der Waals surface area contributed by atoms with Gasteiger partial charge in [-0.05, 0) is 48.7 Å². The van der Waals surface area contributed by atoms with Crippen LogP contribution in [-0.4, -0.2) is 0 Å². The van der Waals surface area contributed by atoms with E-state index in [1.807, 2.05) is 31.2 Å². The number of halogens is 2. The molecule has 0 aliphatic rings. The van der Waals surface area contributed by atoms with Crippen LogP contribution in [0, 0.1) is 13.8 Å². The number of nitrogens with one attached hydrogen (secondary N) is 1. The zero-order valence-electron chi connectivity index (χ0n) is 10.4. The van der Waals surface area contributed by atoms with Crippen molar-refractivity contribution in [2.24, 2.45) is 0 Å². The highest BCUT2D eigenvalue weighted by Gasteiger charge is 2.02. The number of aryl methyl sites for hydroxylation is 1. The molecule has 94 valence electrons. The smallest absolute Gasteiger partial charge is 0.0438 e. The van der Waals surface area contributed by atoms with Gasteiger partial charge in [0.2, 0.25) is 0 Å². The van der Waals surface area contributed by atoms with Crippen LogP contribution in [0.3, 0.4) is 0 Å². The summed E-state index contributed by atoms with van der Waals surface area (Å²) in [4.78, 5) is 0. The van der Waals surface area contributed by atoms with Gasteiger partial charge in [-0.15, -0.1) is 0 Å². The average Bonchev–Trinajstić information content (AvgIpc) is 2.35. The minimum absolute atomic E-state index is 0.775. The van der Waals surface area contributed by atoms with Crippen molar-refractivity contribution in [2.75, 3.05) is 5.32 Å². The highest BCUT2D eigenvalue weighted by Crippen LogP contribution is 2.24. The molecule has 2 rings (SSSR count). The summed E-state index contributed by atoms with van der Waals surface area (Å²) in [6, 6.07) is 12.3. The predicted molar refractivity (Wildman–Crippen MR) is 82.4 cm³/mol. The molecule has 0 unspecified atom stereocenters. The lowest BCUT2D eigenvalue weighted by molar-refractivity contribution is 1.13. The quantitative estimate of drug-likeness (QED) is 0.804. The van der Waals surface area contributed by atoms with Crippen LogP contribution >= 0.6 is 27.5 Å². The van der Waals surface area contributed by atoms with E-state index < -0.39 is 0 Å². The summed E-state index contributed by atoms with van der Waals surface area (Å²) >= 11 is 9.65. The molecule has 0 aromatic heterocycles. The van der Waals surface area contributed by atoms with Crippen molar-refractivity contribution in [3.8, 4) is 0 Å². The Morgan fingerprint density at radius 3 is 2.67 bits per heavy atom. The lowest BCUT2D eigenvalue weighted by atomic mass is 10.1. The van der Waals surface area contributed by atoms with E-state index in [9.17, 15) is 0 Å². The van der Waals surface area contributed by atoms with Gasteiger partial charge in [-0.3, -0.25) is 0 Å². The molecule has 0 amide bonds. The van der Waals surface area contributed by atoms with Crippen LogP contribution in [0.4, 0.5) is 5.69 Å².